The average molecular weight is 569 g/mol. The number of halogens is 5. The van der Waals surface area contributed by atoms with Crippen LogP contribution in [0.1, 0.15) is 31.4 Å². The summed E-state index contributed by atoms with van der Waals surface area (Å²) in [5.41, 5.74) is -4.34. The summed E-state index contributed by atoms with van der Waals surface area (Å²) < 4.78 is 61.3. The molecule has 0 aliphatic carbocycles. The highest BCUT2D eigenvalue weighted by atomic mass is 127. The normalized spacial score (nSPS) is 18.1. The molecule has 0 amide bonds. The maximum absolute atomic E-state index is 12.6. The summed E-state index contributed by atoms with van der Waals surface area (Å²) in [7, 11) is -3.63. The molecular formula is C17H25ClF3IN4O2S. The highest BCUT2D eigenvalue weighted by Gasteiger charge is 2.50. The molecule has 0 spiro atoms. The predicted molar refractivity (Wildman–Crippen MR) is 119 cm³/mol. The fourth-order valence-electron chi connectivity index (χ4n) is 3.04. The van der Waals surface area contributed by atoms with Gasteiger partial charge in [-0.3, -0.25) is 4.99 Å². The van der Waals surface area contributed by atoms with Gasteiger partial charge in [0, 0.05) is 31.7 Å². The summed E-state index contributed by atoms with van der Waals surface area (Å²) in [6.07, 6.45) is 0.693. The Kier molecular flexibility index (Phi) is 9.96. The number of nitrogens with zero attached hydrogens (tertiary/aromatic N) is 2. The van der Waals surface area contributed by atoms with Crippen molar-refractivity contribution in [2.24, 2.45) is 10.9 Å². The Labute approximate surface area is 191 Å². The molecule has 0 aromatic heterocycles. The van der Waals surface area contributed by atoms with E-state index in [1.807, 2.05) is 25.1 Å². The van der Waals surface area contributed by atoms with Crippen molar-refractivity contribution in [3.05, 3.63) is 34.9 Å². The third-order valence-electron chi connectivity index (χ3n) is 4.71. The molecule has 2 N–H and O–H groups in total. The van der Waals surface area contributed by atoms with Crippen LogP contribution in [-0.4, -0.2) is 50.9 Å². The summed E-state index contributed by atoms with van der Waals surface area (Å²) in [5.74, 6) is 0.589. The Morgan fingerprint density at radius 3 is 2.41 bits per heavy atom. The molecule has 0 bridgehead atoms. The lowest BCUT2D eigenvalue weighted by Gasteiger charge is -2.32. The summed E-state index contributed by atoms with van der Waals surface area (Å²) in [5, 5.41) is 7.00. The molecule has 2 rings (SSSR count). The molecule has 1 atom stereocenters. The average Bonchev–Trinajstić information content (AvgIpc) is 2.64. The largest absolute Gasteiger partial charge is 0.511 e. The zero-order valence-electron chi connectivity index (χ0n) is 16.0. The van der Waals surface area contributed by atoms with Gasteiger partial charge in [0.05, 0.1) is 6.04 Å². The van der Waals surface area contributed by atoms with E-state index in [9.17, 15) is 21.6 Å². The number of rotatable bonds is 5. The van der Waals surface area contributed by atoms with Crippen LogP contribution in [0.15, 0.2) is 29.3 Å². The minimum atomic E-state index is -5.25. The molecule has 1 aromatic rings. The van der Waals surface area contributed by atoms with Crippen LogP contribution in [0, 0.1) is 5.92 Å². The van der Waals surface area contributed by atoms with Crippen LogP contribution in [0.4, 0.5) is 13.2 Å². The summed E-state index contributed by atoms with van der Waals surface area (Å²) in [4.78, 5) is 4.15. The molecule has 6 nitrogen and oxygen atoms in total. The highest BCUT2D eigenvalue weighted by Crippen LogP contribution is 2.30. The Bertz CT molecular complexity index is 800. The highest BCUT2D eigenvalue weighted by molar-refractivity contribution is 14.0. The molecule has 0 radical (unpaired) electrons. The molecule has 1 aliphatic heterocycles. The number of piperidine rings is 1. The summed E-state index contributed by atoms with van der Waals surface area (Å²) >= 11 is 6.19. The fourth-order valence-corrected chi connectivity index (χ4v) is 4.33. The van der Waals surface area contributed by atoms with Crippen molar-refractivity contribution in [2.75, 3.05) is 26.7 Å². The van der Waals surface area contributed by atoms with Gasteiger partial charge in [0.25, 0.3) is 0 Å². The molecule has 1 aliphatic rings. The van der Waals surface area contributed by atoms with E-state index in [-0.39, 0.29) is 49.0 Å². The van der Waals surface area contributed by atoms with Gasteiger partial charge in [-0.2, -0.15) is 17.5 Å². The maximum Gasteiger partial charge on any atom is 0.511 e. The van der Waals surface area contributed by atoms with E-state index >= 15 is 0 Å². The number of hydrogen-bond donors (Lipinski definition) is 2. The van der Waals surface area contributed by atoms with Gasteiger partial charge in [-0.05, 0) is 37.3 Å². The van der Waals surface area contributed by atoms with E-state index < -0.39 is 15.5 Å². The van der Waals surface area contributed by atoms with E-state index in [2.05, 4.69) is 15.6 Å². The first-order chi connectivity index (χ1) is 13.1. The van der Waals surface area contributed by atoms with Gasteiger partial charge >= 0.3 is 15.5 Å². The van der Waals surface area contributed by atoms with Crippen molar-refractivity contribution in [1.29, 1.82) is 0 Å². The quantitative estimate of drug-likeness (QED) is 0.323. The van der Waals surface area contributed by atoms with Gasteiger partial charge in [-0.25, -0.2) is 8.42 Å². The Morgan fingerprint density at radius 1 is 1.31 bits per heavy atom. The molecule has 166 valence electrons. The molecule has 12 heteroatoms. The predicted octanol–water partition coefficient (Wildman–Crippen LogP) is 3.75. The van der Waals surface area contributed by atoms with Crippen molar-refractivity contribution in [1.82, 2.24) is 14.9 Å². The van der Waals surface area contributed by atoms with Gasteiger partial charge in [0.1, 0.15) is 0 Å². The van der Waals surface area contributed by atoms with Crippen LogP contribution < -0.4 is 10.6 Å². The molecule has 1 aromatic carbocycles. The van der Waals surface area contributed by atoms with Crippen LogP contribution >= 0.6 is 35.6 Å². The molecule has 0 saturated carbocycles. The SMILES string of the molecule is CN=C(NCC1CCN(S(=O)(=O)C(F)(F)F)CC1)NC(C)c1ccccc1Cl.I. The number of guanidine groups is 1. The number of nitrogens with one attached hydrogen (secondary N) is 2. The lowest BCUT2D eigenvalue weighted by atomic mass is 9.98. The van der Waals surface area contributed by atoms with Crippen molar-refractivity contribution in [2.45, 2.75) is 31.3 Å². The standard InChI is InChI=1S/C17H24ClF3N4O2S.HI/c1-12(14-5-3-4-6-15(14)18)24-16(22-2)23-11-13-7-9-25(10-8-13)28(26,27)17(19,20)21;/h3-6,12-13H,7-11H2,1-2H3,(H2,22,23,24);1H. The van der Waals surface area contributed by atoms with Gasteiger partial charge in [0.15, 0.2) is 5.96 Å². The third-order valence-corrected chi connectivity index (χ3v) is 6.69. The second kappa shape index (κ2) is 11.0. The minimum absolute atomic E-state index is 0. The van der Waals surface area contributed by atoms with E-state index in [4.69, 9.17) is 11.6 Å². The Balaban J connectivity index is 0.00000420. The van der Waals surface area contributed by atoms with Crippen LogP contribution in [0.5, 0.6) is 0 Å². The van der Waals surface area contributed by atoms with E-state index in [0.717, 1.165) is 5.56 Å². The lowest BCUT2D eigenvalue weighted by molar-refractivity contribution is -0.0496. The van der Waals surface area contributed by atoms with E-state index in [1.54, 1.807) is 13.1 Å². The van der Waals surface area contributed by atoms with Crippen molar-refractivity contribution < 1.29 is 21.6 Å². The fraction of sp³-hybridized carbons (Fsp3) is 0.588. The summed E-state index contributed by atoms with van der Waals surface area (Å²) in [6, 6.07) is 7.34. The molecule has 1 saturated heterocycles. The van der Waals surface area contributed by atoms with Gasteiger partial charge in [-0.1, -0.05) is 29.8 Å². The van der Waals surface area contributed by atoms with Crippen molar-refractivity contribution >= 4 is 51.6 Å². The zero-order valence-corrected chi connectivity index (χ0v) is 19.9. The minimum Gasteiger partial charge on any atom is -0.356 e. The Morgan fingerprint density at radius 2 is 1.90 bits per heavy atom. The van der Waals surface area contributed by atoms with E-state index in [0.29, 0.717) is 34.7 Å². The van der Waals surface area contributed by atoms with Crippen LogP contribution in [-0.2, 0) is 10.0 Å². The second-order valence-electron chi connectivity index (χ2n) is 6.63. The first kappa shape index (κ1) is 26.2. The first-order valence-electron chi connectivity index (χ1n) is 8.84. The zero-order chi connectivity index (χ0) is 20.9. The molecule has 1 fully saturated rings. The topological polar surface area (TPSA) is 73.8 Å². The van der Waals surface area contributed by atoms with Gasteiger partial charge < -0.3 is 10.6 Å². The van der Waals surface area contributed by atoms with Crippen molar-refractivity contribution in [3.8, 4) is 0 Å². The molecule has 1 heterocycles. The molecular weight excluding hydrogens is 544 g/mol. The second-order valence-corrected chi connectivity index (χ2v) is 8.97. The van der Waals surface area contributed by atoms with Crippen LogP contribution in [0.3, 0.4) is 0 Å². The van der Waals surface area contributed by atoms with Crippen LogP contribution in [0.25, 0.3) is 0 Å². The third kappa shape index (κ3) is 6.86. The molecule has 1 unspecified atom stereocenters. The number of hydrogen-bond acceptors (Lipinski definition) is 3. The van der Waals surface area contributed by atoms with Crippen molar-refractivity contribution in [3.63, 3.8) is 0 Å². The number of sulfonamides is 1. The van der Waals surface area contributed by atoms with Gasteiger partial charge in [0.2, 0.25) is 0 Å². The number of alkyl halides is 3. The van der Waals surface area contributed by atoms with Gasteiger partial charge in [-0.15, -0.1) is 24.0 Å². The lowest BCUT2D eigenvalue weighted by Crippen LogP contribution is -2.47. The number of aliphatic imine (C=N–C) groups is 1. The van der Waals surface area contributed by atoms with Crippen LogP contribution in [0.2, 0.25) is 5.02 Å². The summed E-state index contributed by atoms with van der Waals surface area (Å²) in [6.45, 7) is 2.13. The van der Waals surface area contributed by atoms with E-state index in [1.165, 1.54) is 0 Å². The molecule has 29 heavy (non-hydrogen) atoms. The first-order valence-corrected chi connectivity index (χ1v) is 10.7. The maximum atomic E-state index is 12.6. The smallest absolute Gasteiger partial charge is 0.356 e. The Hall–Kier alpha value is -0.790. The monoisotopic (exact) mass is 568 g/mol. The number of benzene rings is 1.